The van der Waals surface area contributed by atoms with Gasteiger partial charge >= 0.3 is 0 Å². The van der Waals surface area contributed by atoms with Gasteiger partial charge in [-0.3, -0.25) is 9.59 Å². The van der Waals surface area contributed by atoms with E-state index in [1.165, 1.54) is 28.4 Å². The molecule has 5 nitrogen and oxygen atoms in total. The molecular weight excluding hydrogens is 429 g/mol. The number of likely N-dealkylation sites (tertiary alicyclic amines) is 1. The smallest absolute Gasteiger partial charge is 0.295 e. The zero-order valence-electron chi connectivity index (χ0n) is 17.5. The third kappa shape index (κ3) is 4.29. The van der Waals surface area contributed by atoms with E-state index in [9.17, 15) is 19.1 Å². The van der Waals surface area contributed by atoms with E-state index in [-0.39, 0.29) is 23.7 Å². The standard InChI is InChI=1S/C25H22FNO4S/c1-2-12-31-19-6-3-5-17(14-19)23(28)21-22(20-7-4-13-32-20)27(25(30)24(21)29)15-16-8-10-18(26)11-9-16/h3-11,13-14,22,28H,2,12,15H2,1H3/b23-21-. The Morgan fingerprint density at radius 3 is 2.59 bits per heavy atom. The van der Waals surface area contributed by atoms with Crippen LogP contribution in [0.4, 0.5) is 4.39 Å². The second kappa shape index (κ2) is 9.36. The molecule has 1 aliphatic heterocycles. The molecule has 2 heterocycles. The van der Waals surface area contributed by atoms with Crippen molar-refractivity contribution in [2.75, 3.05) is 6.61 Å². The highest BCUT2D eigenvalue weighted by molar-refractivity contribution is 7.10. The molecule has 3 aromatic rings. The number of aliphatic hydroxyl groups is 1. The summed E-state index contributed by atoms with van der Waals surface area (Å²) in [5.41, 5.74) is 1.12. The van der Waals surface area contributed by atoms with Crippen LogP contribution in [0, 0.1) is 5.82 Å². The number of Topliss-reactive ketones (excluding diaryl/α,β-unsaturated/α-hetero) is 1. The first-order valence-corrected chi connectivity index (χ1v) is 11.2. The van der Waals surface area contributed by atoms with E-state index in [0.29, 0.717) is 23.5 Å². The molecule has 0 spiro atoms. The van der Waals surface area contributed by atoms with Crippen molar-refractivity contribution in [3.63, 3.8) is 0 Å². The molecule has 1 N–H and O–H groups in total. The summed E-state index contributed by atoms with van der Waals surface area (Å²) in [6, 6.07) is 15.5. The van der Waals surface area contributed by atoms with E-state index in [0.717, 1.165) is 11.3 Å². The van der Waals surface area contributed by atoms with Gasteiger partial charge in [0.1, 0.15) is 17.3 Å². The maximum atomic E-state index is 13.3. The molecule has 1 fully saturated rings. The van der Waals surface area contributed by atoms with Gasteiger partial charge < -0.3 is 14.7 Å². The minimum absolute atomic E-state index is 0.0344. The van der Waals surface area contributed by atoms with Gasteiger partial charge in [-0.2, -0.15) is 0 Å². The number of benzene rings is 2. The summed E-state index contributed by atoms with van der Waals surface area (Å²) >= 11 is 1.40. The number of rotatable bonds is 7. The lowest BCUT2D eigenvalue weighted by atomic mass is 9.99. The number of aliphatic hydroxyl groups excluding tert-OH is 1. The third-order valence-corrected chi connectivity index (χ3v) is 6.12. The van der Waals surface area contributed by atoms with Crippen LogP contribution in [0.25, 0.3) is 5.76 Å². The SMILES string of the molecule is CCCOc1cccc(/C(O)=C2/C(=O)C(=O)N(Cc3ccc(F)cc3)C2c2cccs2)c1. The molecule has 0 aliphatic carbocycles. The van der Waals surface area contributed by atoms with Crippen molar-refractivity contribution in [3.05, 3.63) is 93.4 Å². The average molecular weight is 452 g/mol. The van der Waals surface area contributed by atoms with Crippen LogP contribution in [0.2, 0.25) is 0 Å². The molecular formula is C25H22FNO4S. The van der Waals surface area contributed by atoms with Gasteiger partial charge in [0.2, 0.25) is 0 Å². The van der Waals surface area contributed by atoms with Crippen LogP contribution >= 0.6 is 11.3 Å². The van der Waals surface area contributed by atoms with Gasteiger partial charge in [-0.05, 0) is 47.7 Å². The van der Waals surface area contributed by atoms with Gasteiger partial charge in [0.05, 0.1) is 18.2 Å². The van der Waals surface area contributed by atoms with Crippen molar-refractivity contribution < 1.29 is 23.8 Å². The zero-order chi connectivity index (χ0) is 22.7. The number of halogens is 1. The van der Waals surface area contributed by atoms with Crippen LogP contribution in [0.5, 0.6) is 5.75 Å². The largest absolute Gasteiger partial charge is 0.507 e. The van der Waals surface area contributed by atoms with Crippen LogP contribution in [0.15, 0.2) is 71.6 Å². The highest BCUT2D eigenvalue weighted by Gasteiger charge is 2.46. The first-order valence-electron chi connectivity index (χ1n) is 10.3. The second-order valence-corrected chi connectivity index (χ2v) is 8.42. The van der Waals surface area contributed by atoms with Gasteiger partial charge in [-0.1, -0.05) is 37.3 Å². The van der Waals surface area contributed by atoms with Crippen molar-refractivity contribution in [1.82, 2.24) is 4.90 Å². The summed E-state index contributed by atoms with van der Waals surface area (Å²) in [7, 11) is 0. The van der Waals surface area contributed by atoms with E-state index >= 15 is 0 Å². The summed E-state index contributed by atoms with van der Waals surface area (Å²) in [5.74, 6) is -1.50. The molecule has 1 saturated heterocycles. The summed E-state index contributed by atoms with van der Waals surface area (Å²) in [4.78, 5) is 28.2. The molecule has 32 heavy (non-hydrogen) atoms. The Kier molecular flexibility index (Phi) is 6.37. The molecule has 0 radical (unpaired) electrons. The third-order valence-electron chi connectivity index (χ3n) is 5.20. The topological polar surface area (TPSA) is 66.8 Å². The molecule has 1 amide bonds. The van der Waals surface area contributed by atoms with Crippen LogP contribution < -0.4 is 4.74 Å². The lowest BCUT2D eigenvalue weighted by molar-refractivity contribution is -0.140. The molecule has 1 unspecified atom stereocenters. The normalized spacial score (nSPS) is 17.7. The summed E-state index contributed by atoms with van der Waals surface area (Å²) in [5, 5.41) is 13.0. The molecule has 164 valence electrons. The Morgan fingerprint density at radius 2 is 1.91 bits per heavy atom. The Morgan fingerprint density at radius 1 is 1.12 bits per heavy atom. The number of amides is 1. The maximum absolute atomic E-state index is 13.3. The first-order chi connectivity index (χ1) is 15.5. The van der Waals surface area contributed by atoms with Crippen molar-refractivity contribution in [2.24, 2.45) is 0 Å². The van der Waals surface area contributed by atoms with Gasteiger partial charge in [0.25, 0.3) is 11.7 Å². The van der Waals surface area contributed by atoms with Crippen molar-refractivity contribution in [2.45, 2.75) is 25.9 Å². The fourth-order valence-electron chi connectivity index (χ4n) is 3.68. The molecule has 4 rings (SSSR count). The number of hydrogen-bond donors (Lipinski definition) is 1. The maximum Gasteiger partial charge on any atom is 0.295 e. The predicted molar refractivity (Wildman–Crippen MR) is 121 cm³/mol. The van der Waals surface area contributed by atoms with E-state index < -0.39 is 17.7 Å². The quantitative estimate of drug-likeness (QED) is 0.301. The Bertz CT molecular complexity index is 1150. The summed E-state index contributed by atoms with van der Waals surface area (Å²) in [6.07, 6.45) is 0.836. The molecule has 1 atom stereocenters. The number of nitrogens with zero attached hydrogens (tertiary/aromatic N) is 1. The molecule has 2 aromatic carbocycles. The first kappa shape index (κ1) is 21.8. The van der Waals surface area contributed by atoms with E-state index in [1.807, 2.05) is 24.4 Å². The molecule has 0 saturated carbocycles. The van der Waals surface area contributed by atoms with Gasteiger partial charge in [0, 0.05) is 17.0 Å². The van der Waals surface area contributed by atoms with Gasteiger partial charge in [-0.15, -0.1) is 11.3 Å². The lowest BCUT2D eigenvalue weighted by Crippen LogP contribution is -2.28. The molecule has 7 heteroatoms. The fourth-order valence-corrected chi connectivity index (χ4v) is 4.53. The summed E-state index contributed by atoms with van der Waals surface area (Å²) in [6.45, 7) is 2.64. The van der Waals surface area contributed by atoms with E-state index in [2.05, 4.69) is 0 Å². The minimum Gasteiger partial charge on any atom is -0.507 e. The highest BCUT2D eigenvalue weighted by Crippen LogP contribution is 2.42. The Hall–Kier alpha value is -3.45. The van der Waals surface area contributed by atoms with Crippen LogP contribution in [0.3, 0.4) is 0 Å². The molecule has 1 aromatic heterocycles. The van der Waals surface area contributed by atoms with Crippen molar-refractivity contribution in [1.29, 1.82) is 0 Å². The lowest BCUT2D eigenvalue weighted by Gasteiger charge is -2.24. The fraction of sp³-hybridized carbons (Fsp3) is 0.200. The zero-order valence-corrected chi connectivity index (χ0v) is 18.3. The predicted octanol–water partition coefficient (Wildman–Crippen LogP) is 5.30. The van der Waals surface area contributed by atoms with E-state index in [4.69, 9.17) is 4.74 Å². The monoisotopic (exact) mass is 451 g/mol. The van der Waals surface area contributed by atoms with Crippen LogP contribution in [-0.2, 0) is 16.1 Å². The number of ketones is 1. The number of ether oxygens (including phenoxy) is 1. The van der Waals surface area contributed by atoms with Gasteiger partial charge in [0.15, 0.2) is 0 Å². The number of carbonyl (C=O) groups excluding carboxylic acids is 2. The second-order valence-electron chi connectivity index (χ2n) is 7.45. The number of thiophene rings is 1. The molecule has 1 aliphatic rings. The van der Waals surface area contributed by atoms with Crippen molar-refractivity contribution >= 4 is 28.8 Å². The van der Waals surface area contributed by atoms with Crippen LogP contribution in [-0.4, -0.2) is 28.3 Å². The Balaban J connectivity index is 1.77. The Labute approximate surface area is 189 Å². The number of carbonyl (C=O) groups is 2. The van der Waals surface area contributed by atoms with Crippen molar-refractivity contribution in [3.8, 4) is 5.75 Å². The average Bonchev–Trinajstić information content (AvgIpc) is 3.41. The highest BCUT2D eigenvalue weighted by atomic mass is 32.1. The minimum atomic E-state index is -0.747. The van der Waals surface area contributed by atoms with Crippen LogP contribution in [0.1, 0.15) is 35.4 Å². The number of hydrogen-bond acceptors (Lipinski definition) is 5. The van der Waals surface area contributed by atoms with Gasteiger partial charge in [-0.25, -0.2) is 4.39 Å². The molecule has 0 bridgehead atoms. The summed E-state index contributed by atoms with van der Waals surface area (Å²) < 4.78 is 19.0. The van der Waals surface area contributed by atoms with E-state index in [1.54, 1.807) is 36.4 Å².